The summed E-state index contributed by atoms with van der Waals surface area (Å²) < 4.78 is 28.7. The van der Waals surface area contributed by atoms with Crippen molar-refractivity contribution in [2.24, 2.45) is 5.50 Å². The van der Waals surface area contributed by atoms with Crippen molar-refractivity contribution >= 4 is 29.1 Å². The Kier molecular flexibility index (Phi) is 5.06. The molecule has 4 aromatic carbocycles. The highest BCUT2D eigenvalue weighted by atomic mass is 31.2. The summed E-state index contributed by atoms with van der Waals surface area (Å²) in [6.45, 7) is 1.25. The zero-order valence-electron chi connectivity index (χ0n) is 20.8. The molecule has 2 aliphatic rings. The van der Waals surface area contributed by atoms with Crippen LogP contribution < -0.4 is 5.50 Å². The third-order valence-electron chi connectivity index (χ3n) is 7.62. The van der Waals surface area contributed by atoms with E-state index < -0.39 is 7.59 Å². The minimum absolute atomic E-state index is 0.239. The molecule has 2 fully saturated rings. The van der Waals surface area contributed by atoms with Crippen LogP contribution in [-0.4, -0.2) is 21.4 Å². The van der Waals surface area contributed by atoms with E-state index >= 15 is 0 Å². The van der Waals surface area contributed by atoms with Gasteiger partial charge >= 0.3 is 0 Å². The molecule has 5 heteroatoms. The first-order valence-corrected chi connectivity index (χ1v) is 13.7. The van der Waals surface area contributed by atoms with Gasteiger partial charge in [0.2, 0.25) is 0 Å². The fourth-order valence-corrected chi connectivity index (χ4v) is 8.40. The average molecular weight is 460 g/mol. The van der Waals surface area contributed by atoms with E-state index in [0.717, 1.165) is 12.8 Å². The van der Waals surface area contributed by atoms with Crippen LogP contribution in [-0.2, 0) is 17.7 Å². The number of nitrogens with two attached hydrogens (primary N) is 1. The first-order valence-electron chi connectivity index (χ1n) is 13.0. The van der Waals surface area contributed by atoms with Gasteiger partial charge in [-0.25, -0.2) is 9.34 Å². The fraction of sp³-hybridized carbons (Fsp3) is 0.286. The third kappa shape index (κ3) is 3.62. The van der Waals surface area contributed by atoms with Crippen LogP contribution in [0.5, 0.6) is 0 Å². The van der Waals surface area contributed by atoms with E-state index in [-0.39, 0.29) is 12.1 Å². The van der Waals surface area contributed by atoms with Crippen LogP contribution >= 0.6 is 7.59 Å². The number of benzene rings is 4. The SMILES string of the molecule is NP1(=O)N(Cc2cccc3ccccc23)[C@@H]2CCCC[C@H]2N1Cc1cccc2ccccc12.[2H][2H]. The predicted octanol–water partition coefficient (Wildman–Crippen LogP) is 6.93. The number of hydrogen-bond donors (Lipinski definition) is 1. The topological polar surface area (TPSA) is 49.6 Å². The van der Waals surface area contributed by atoms with Gasteiger partial charge in [0.25, 0.3) is 7.59 Å². The molecule has 0 aromatic heterocycles. The number of nitrogens with zero attached hydrogens (tertiary/aromatic N) is 2. The summed E-state index contributed by atoms with van der Waals surface area (Å²) in [5, 5.41) is 4.88. The van der Waals surface area contributed by atoms with Gasteiger partial charge in [0.1, 0.15) is 0 Å². The minimum atomic E-state index is -3.19. The zero-order chi connectivity index (χ0) is 24.4. The summed E-state index contributed by atoms with van der Waals surface area (Å²) in [5.74, 6) is 0. The second-order valence-electron chi connectivity index (χ2n) is 9.48. The van der Waals surface area contributed by atoms with Gasteiger partial charge in [-0.15, -0.1) is 0 Å². The Morgan fingerprint density at radius 2 is 1.15 bits per heavy atom. The molecule has 0 spiro atoms. The summed E-state index contributed by atoms with van der Waals surface area (Å²) >= 11 is 0. The van der Waals surface area contributed by atoms with Crippen molar-refractivity contribution in [3.05, 3.63) is 96.1 Å². The average Bonchev–Trinajstić information content (AvgIpc) is 3.11. The van der Waals surface area contributed by atoms with Crippen molar-refractivity contribution in [2.45, 2.75) is 50.9 Å². The first kappa shape index (κ1) is 19.9. The smallest absolute Gasteiger partial charge is 0.271 e. The molecule has 170 valence electrons. The van der Waals surface area contributed by atoms with Crippen LogP contribution in [0.4, 0.5) is 0 Å². The molecule has 6 rings (SSSR count). The molecule has 0 unspecified atom stereocenters. The second-order valence-corrected chi connectivity index (χ2v) is 11.7. The van der Waals surface area contributed by atoms with Gasteiger partial charge in [-0.3, -0.25) is 10.1 Å². The van der Waals surface area contributed by atoms with Gasteiger partial charge in [0.05, 0.1) is 0 Å². The Bertz CT molecular complexity index is 1270. The Hall–Kier alpha value is -2.49. The van der Waals surface area contributed by atoms with E-state index in [2.05, 4.69) is 94.3 Å². The second kappa shape index (κ2) is 8.38. The molecule has 2 atom stereocenters. The van der Waals surface area contributed by atoms with E-state index in [1.165, 1.54) is 45.5 Å². The summed E-state index contributed by atoms with van der Waals surface area (Å²) in [4.78, 5) is 0. The normalized spacial score (nSPS) is 23.4. The first-order chi connectivity index (χ1) is 17.1. The minimum Gasteiger partial charge on any atom is -0.271 e. The summed E-state index contributed by atoms with van der Waals surface area (Å²) in [5.41, 5.74) is 9.22. The number of fused-ring (bicyclic) bond motifs is 3. The molecule has 1 saturated carbocycles. The standard InChI is InChI=1S/C28H30N3OP.H2/c29-33(32)30(19-23-13-7-11-21-9-1-3-15-25(21)23)27-17-5-6-18-28(27)31(33)20-24-14-8-12-22-10-2-4-16-26(22)24;/h1-4,7-16,27-28H,5-6,17-20H2,(H2,29,32);1H/t27-,28-;/m1./s1/i;1+1D. The van der Waals surface area contributed by atoms with Crippen LogP contribution in [0.3, 0.4) is 0 Å². The molecule has 33 heavy (non-hydrogen) atoms. The Balaban J connectivity index is 0.00000124. The van der Waals surface area contributed by atoms with Gasteiger partial charge in [-0.1, -0.05) is 97.8 Å². The number of hydrogen-bond acceptors (Lipinski definition) is 1. The lowest BCUT2D eigenvalue weighted by Crippen LogP contribution is -2.39. The third-order valence-corrected chi connectivity index (χ3v) is 9.97. The van der Waals surface area contributed by atoms with E-state index in [1.54, 1.807) is 0 Å². The van der Waals surface area contributed by atoms with Crippen molar-refractivity contribution < 1.29 is 7.53 Å². The molecule has 0 bridgehead atoms. The molecule has 4 aromatic rings. The highest BCUT2D eigenvalue weighted by Gasteiger charge is 2.53. The molecular formula is C28H32N3OP. The van der Waals surface area contributed by atoms with Crippen molar-refractivity contribution in [1.29, 1.82) is 0 Å². The highest BCUT2D eigenvalue weighted by molar-refractivity contribution is 7.56. The van der Waals surface area contributed by atoms with E-state index in [1.807, 2.05) is 0 Å². The lowest BCUT2D eigenvalue weighted by Gasteiger charge is -2.31. The largest absolute Gasteiger partial charge is 0.282 e. The summed E-state index contributed by atoms with van der Waals surface area (Å²) in [7, 11) is -3.19. The summed E-state index contributed by atoms with van der Waals surface area (Å²) in [6, 6.07) is 30.2. The molecule has 4 nitrogen and oxygen atoms in total. The quantitative estimate of drug-likeness (QED) is 0.336. The van der Waals surface area contributed by atoms with Gasteiger partial charge < -0.3 is 0 Å². The van der Waals surface area contributed by atoms with Gasteiger partial charge in [-0.05, 0) is 45.5 Å². The maximum atomic E-state index is 14.4. The van der Waals surface area contributed by atoms with Crippen LogP contribution in [0, 0.1) is 0 Å². The molecule has 1 heterocycles. The fourth-order valence-electron chi connectivity index (χ4n) is 6.01. The maximum absolute atomic E-state index is 14.4. The number of rotatable bonds is 4. The van der Waals surface area contributed by atoms with Gasteiger partial charge in [-0.2, -0.15) is 0 Å². The Labute approximate surface area is 198 Å². The van der Waals surface area contributed by atoms with Crippen LogP contribution in [0.15, 0.2) is 84.9 Å². The van der Waals surface area contributed by atoms with Gasteiger partial charge in [0, 0.05) is 28.1 Å². The van der Waals surface area contributed by atoms with E-state index in [9.17, 15) is 4.57 Å². The van der Waals surface area contributed by atoms with Crippen LogP contribution in [0.2, 0.25) is 0 Å². The molecule has 1 aliphatic heterocycles. The lowest BCUT2D eigenvalue weighted by atomic mass is 9.89. The van der Waals surface area contributed by atoms with E-state index in [4.69, 9.17) is 8.47 Å². The predicted molar refractivity (Wildman–Crippen MR) is 139 cm³/mol. The van der Waals surface area contributed by atoms with Crippen molar-refractivity contribution in [1.82, 2.24) is 9.34 Å². The molecule has 1 saturated heterocycles. The lowest BCUT2D eigenvalue weighted by molar-refractivity contribution is 0.198. The molecule has 2 N–H and O–H groups in total. The maximum Gasteiger partial charge on any atom is 0.282 e. The Morgan fingerprint density at radius 1 is 0.727 bits per heavy atom. The highest BCUT2D eigenvalue weighted by Crippen LogP contribution is 2.59. The van der Waals surface area contributed by atoms with E-state index in [0.29, 0.717) is 13.1 Å². The Morgan fingerprint density at radius 3 is 1.64 bits per heavy atom. The molecule has 1 aliphatic carbocycles. The summed E-state index contributed by atoms with van der Waals surface area (Å²) in [6.07, 6.45) is 4.47. The van der Waals surface area contributed by atoms with Crippen molar-refractivity contribution in [3.63, 3.8) is 0 Å². The van der Waals surface area contributed by atoms with Crippen LogP contribution in [0.25, 0.3) is 21.5 Å². The van der Waals surface area contributed by atoms with Crippen molar-refractivity contribution in [3.8, 4) is 0 Å². The van der Waals surface area contributed by atoms with Crippen LogP contribution in [0.1, 0.15) is 39.8 Å². The zero-order valence-corrected chi connectivity index (χ0v) is 19.7. The molecule has 0 amide bonds. The molecule has 0 radical (unpaired) electrons. The monoisotopic (exact) mass is 459 g/mol. The van der Waals surface area contributed by atoms with Crippen molar-refractivity contribution in [2.75, 3.05) is 0 Å². The molecular weight excluding hydrogens is 425 g/mol. The van der Waals surface area contributed by atoms with Gasteiger partial charge in [0.15, 0.2) is 0 Å².